The van der Waals surface area contributed by atoms with Crippen molar-refractivity contribution in [3.63, 3.8) is 0 Å². The van der Waals surface area contributed by atoms with Crippen LogP contribution in [0.3, 0.4) is 0 Å². The molecule has 16 heavy (non-hydrogen) atoms. The highest BCUT2D eigenvalue weighted by Crippen LogP contribution is 2.77. The monoisotopic (exact) mass is 286 g/mol. The molecule has 0 aromatic rings. The summed E-state index contributed by atoms with van der Waals surface area (Å²) in [5.74, 6) is -1.75. The van der Waals surface area contributed by atoms with E-state index >= 15 is 0 Å². The Bertz CT molecular complexity index is 416. The van der Waals surface area contributed by atoms with E-state index in [0.29, 0.717) is 0 Å². The van der Waals surface area contributed by atoms with E-state index in [2.05, 4.69) is 15.9 Å². The molecular formula is C11H11BrO4. The molecule has 0 amide bonds. The third-order valence-corrected chi connectivity index (χ3v) is 6.23. The number of carbonyl (C=O) groups is 2. The van der Waals surface area contributed by atoms with Crippen LogP contribution in [-0.4, -0.2) is 28.0 Å². The largest absolute Gasteiger partial charge is 0.481 e. The molecule has 5 heteroatoms. The summed E-state index contributed by atoms with van der Waals surface area (Å²) in [6, 6.07) is 0. The molecule has 2 bridgehead atoms. The normalized spacial score (nSPS) is 54.4. The number of carboxylic acid groups (broad SMARTS) is 1. The Morgan fingerprint density at radius 3 is 2.69 bits per heavy atom. The van der Waals surface area contributed by atoms with Gasteiger partial charge in [-0.3, -0.25) is 9.59 Å². The first-order chi connectivity index (χ1) is 7.58. The fourth-order valence-electron chi connectivity index (χ4n) is 4.60. The van der Waals surface area contributed by atoms with Crippen LogP contribution in [0.2, 0.25) is 0 Å². The van der Waals surface area contributed by atoms with Crippen molar-refractivity contribution in [2.45, 2.75) is 23.8 Å². The fourth-order valence-corrected chi connectivity index (χ4v) is 5.89. The highest BCUT2D eigenvalue weighted by molar-refractivity contribution is 9.09. The molecule has 3 aliphatic carbocycles. The summed E-state index contributed by atoms with van der Waals surface area (Å²) in [4.78, 5) is 23.2. The molecule has 3 saturated carbocycles. The Hall–Kier alpha value is -0.580. The summed E-state index contributed by atoms with van der Waals surface area (Å²) in [7, 11) is 0. The molecule has 1 spiro atoms. The maximum absolute atomic E-state index is 11.8. The van der Waals surface area contributed by atoms with Gasteiger partial charge in [0.1, 0.15) is 6.10 Å². The van der Waals surface area contributed by atoms with Crippen LogP contribution in [0.4, 0.5) is 0 Å². The lowest BCUT2D eigenvalue weighted by molar-refractivity contribution is -0.151. The predicted octanol–water partition coefficient (Wildman–Crippen LogP) is 1.03. The number of carbonyl (C=O) groups excluding carboxylic acids is 1. The van der Waals surface area contributed by atoms with Crippen LogP contribution in [0.25, 0.3) is 0 Å². The second kappa shape index (κ2) is 2.47. The van der Waals surface area contributed by atoms with Crippen molar-refractivity contribution in [3.8, 4) is 0 Å². The molecule has 1 aliphatic heterocycles. The second-order valence-electron chi connectivity index (χ2n) is 5.52. The van der Waals surface area contributed by atoms with Crippen LogP contribution in [0.5, 0.6) is 0 Å². The van der Waals surface area contributed by atoms with Crippen molar-refractivity contribution in [3.05, 3.63) is 0 Å². The number of rotatable bonds is 1. The highest BCUT2D eigenvalue weighted by atomic mass is 79.9. The minimum Gasteiger partial charge on any atom is -0.481 e. The molecule has 4 nitrogen and oxygen atoms in total. The van der Waals surface area contributed by atoms with E-state index in [1.165, 1.54) is 0 Å². The van der Waals surface area contributed by atoms with Crippen molar-refractivity contribution >= 4 is 27.9 Å². The Balaban J connectivity index is 1.89. The number of hydrogen-bond donors (Lipinski definition) is 1. The van der Waals surface area contributed by atoms with Gasteiger partial charge in [-0.2, -0.15) is 0 Å². The van der Waals surface area contributed by atoms with Crippen molar-refractivity contribution in [1.29, 1.82) is 0 Å². The quantitative estimate of drug-likeness (QED) is 0.578. The third-order valence-electron chi connectivity index (χ3n) is 5.14. The molecule has 0 aromatic carbocycles. The van der Waals surface area contributed by atoms with E-state index < -0.39 is 11.9 Å². The number of esters is 1. The topological polar surface area (TPSA) is 63.6 Å². The lowest BCUT2D eigenvalue weighted by Gasteiger charge is -2.25. The number of halogens is 1. The van der Waals surface area contributed by atoms with Gasteiger partial charge in [0, 0.05) is 5.92 Å². The first kappa shape index (κ1) is 9.45. The van der Waals surface area contributed by atoms with E-state index in [4.69, 9.17) is 4.74 Å². The van der Waals surface area contributed by atoms with Gasteiger partial charge in [-0.1, -0.05) is 15.9 Å². The SMILES string of the molecule is O=C(O)[C@@H]1[C@@H]2C(=O)O[C@H]3[C@H](Br)[C@H]1C1(CC1)[C@H]32. The predicted molar refractivity (Wildman–Crippen MR) is 55.9 cm³/mol. The van der Waals surface area contributed by atoms with Gasteiger partial charge in [0.15, 0.2) is 0 Å². The maximum Gasteiger partial charge on any atom is 0.310 e. The minimum atomic E-state index is -0.828. The zero-order chi connectivity index (χ0) is 11.2. The molecule has 0 unspecified atom stereocenters. The smallest absolute Gasteiger partial charge is 0.310 e. The van der Waals surface area contributed by atoms with Crippen molar-refractivity contribution in [1.82, 2.24) is 0 Å². The molecule has 1 N–H and O–H groups in total. The average molecular weight is 287 g/mol. The van der Waals surface area contributed by atoms with E-state index in [0.717, 1.165) is 12.8 Å². The van der Waals surface area contributed by atoms with Crippen molar-refractivity contribution < 1.29 is 19.4 Å². The van der Waals surface area contributed by atoms with Gasteiger partial charge in [0.25, 0.3) is 0 Å². The van der Waals surface area contributed by atoms with Crippen LogP contribution < -0.4 is 0 Å². The van der Waals surface area contributed by atoms with E-state index in [1.807, 2.05) is 0 Å². The van der Waals surface area contributed by atoms with Gasteiger partial charge in [-0.25, -0.2) is 0 Å². The van der Waals surface area contributed by atoms with Gasteiger partial charge >= 0.3 is 11.9 Å². The summed E-state index contributed by atoms with van der Waals surface area (Å²) >= 11 is 3.56. The number of aliphatic carboxylic acids is 1. The number of ether oxygens (including phenoxy) is 1. The minimum absolute atomic E-state index is 0.0452. The Kier molecular flexibility index (Phi) is 1.46. The van der Waals surface area contributed by atoms with Crippen molar-refractivity contribution in [2.75, 3.05) is 0 Å². The molecular weight excluding hydrogens is 276 g/mol. The van der Waals surface area contributed by atoms with E-state index in [-0.39, 0.29) is 40.1 Å². The van der Waals surface area contributed by atoms with Crippen LogP contribution in [-0.2, 0) is 14.3 Å². The number of carboxylic acids is 1. The molecule has 86 valence electrons. The molecule has 0 aromatic heterocycles. The number of hydrogen-bond acceptors (Lipinski definition) is 3. The third kappa shape index (κ3) is 0.753. The molecule has 4 aliphatic rings. The summed E-state index contributed by atoms with van der Waals surface area (Å²) in [5, 5.41) is 9.32. The van der Waals surface area contributed by atoms with Gasteiger partial charge in [-0.15, -0.1) is 0 Å². The summed E-state index contributed by atoms with van der Waals surface area (Å²) < 4.78 is 5.36. The lowest BCUT2D eigenvalue weighted by Crippen LogP contribution is -2.37. The lowest BCUT2D eigenvalue weighted by atomic mass is 9.80. The van der Waals surface area contributed by atoms with E-state index in [9.17, 15) is 14.7 Å². The van der Waals surface area contributed by atoms with Gasteiger partial charge in [0.05, 0.1) is 16.7 Å². The van der Waals surface area contributed by atoms with Crippen LogP contribution >= 0.6 is 15.9 Å². The summed E-state index contributed by atoms with van der Waals surface area (Å²) in [5.41, 5.74) is 0.110. The van der Waals surface area contributed by atoms with Gasteiger partial charge in [0.2, 0.25) is 0 Å². The first-order valence-electron chi connectivity index (χ1n) is 5.65. The average Bonchev–Trinajstić information content (AvgIpc) is 2.80. The summed E-state index contributed by atoms with van der Waals surface area (Å²) in [6.45, 7) is 0. The zero-order valence-corrected chi connectivity index (χ0v) is 10.0. The maximum atomic E-state index is 11.8. The van der Waals surface area contributed by atoms with Crippen molar-refractivity contribution in [2.24, 2.45) is 29.1 Å². The molecule has 4 fully saturated rings. The highest BCUT2D eigenvalue weighted by Gasteiger charge is 2.81. The second-order valence-corrected chi connectivity index (χ2v) is 6.58. The van der Waals surface area contributed by atoms with Gasteiger partial charge < -0.3 is 9.84 Å². The van der Waals surface area contributed by atoms with Crippen LogP contribution in [0, 0.1) is 29.1 Å². The Morgan fingerprint density at radius 2 is 2.12 bits per heavy atom. The van der Waals surface area contributed by atoms with Crippen LogP contribution in [0.1, 0.15) is 12.8 Å². The zero-order valence-electron chi connectivity index (χ0n) is 8.43. The molecule has 1 saturated heterocycles. The first-order valence-corrected chi connectivity index (χ1v) is 6.57. The summed E-state index contributed by atoms with van der Waals surface area (Å²) in [6.07, 6.45) is 2.07. The Morgan fingerprint density at radius 1 is 1.44 bits per heavy atom. The molecule has 4 rings (SSSR count). The molecule has 6 atom stereocenters. The van der Waals surface area contributed by atoms with E-state index in [1.54, 1.807) is 0 Å². The number of alkyl halides is 1. The Labute approximate surface area is 100 Å². The fraction of sp³-hybridized carbons (Fsp3) is 0.818. The van der Waals surface area contributed by atoms with Gasteiger partial charge in [-0.05, 0) is 24.2 Å². The van der Waals surface area contributed by atoms with Crippen LogP contribution in [0.15, 0.2) is 0 Å². The standard InChI is InChI=1S/C11H11BrO4/c12-7-5-3(9(13)14)4-6(11(5)1-2-11)8(7)16-10(4)15/h3-8H,1-2H2,(H,13,14)/t3-,4+,5+,6+,7-,8-/m1/s1. The molecule has 0 radical (unpaired) electrons. The molecule has 1 heterocycles.